The Balaban J connectivity index is 1.92. The van der Waals surface area contributed by atoms with E-state index in [-0.39, 0.29) is 13.0 Å². The molecule has 1 aliphatic heterocycles. The summed E-state index contributed by atoms with van der Waals surface area (Å²) >= 11 is 0. The summed E-state index contributed by atoms with van der Waals surface area (Å²) in [7, 11) is 0. The smallest absolute Gasteiger partial charge is 0.326 e. The normalized spacial score (nSPS) is 22.4. The van der Waals surface area contributed by atoms with Crippen molar-refractivity contribution in [1.82, 2.24) is 15.1 Å². The molecule has 1 aromatic heterocycles. The summed E-state index contributed by atoms with van der Waals surface area (Å²) in [5, 5.41) is 26.2. The van der Waals surface area contributed by atoms with Gasteiger partial charge in [0.05, 0.1) is 17.8 Å². The number of likely N-dealkylation sites (tertiary alicyclic amines) is 1. The number of nitrogens with one attached hydrogen (secondary N) is 1. The van der Waals surface area contributed by atoms with Crippen LogP contribution in [0.2, 0.25) is 0 Å². The van der Waals surface area contributed by atoms with Crippen molar-refractivity contribution in [2.24, 2.45) is 0 Å². The molecule has 2 atom stereocenters. The van der Waals surface area contributed by atoms with Crippen molar-refractivity contribution in [2.45, 2.75) is 18.6 Å². The number of aromatic nitrogens is 2. The average molecular weight is 275 g/mol. The number of hydrogen-bond donors (Lipinski definition) is 3. The number of rotatable bonds is 2. The second-order valence-electron chi connectivity index (χ2n) is 4.87. The zero-order valence-corrected chi connectivity index (χ0v) is 10.5. The average Bonchev–Trinajstić information content (AvgIpc) is 3.02. The van der Waals surface area contributed by atoms with Crippen LogP contribution in [-0.2, 0) is 4.79 Å². The minimum Gasteiger partial charge on any atom is -0.480 e. The lowest BCUT2D eigenvalue weighted by Crippen LogP contribution is -2.40. The zero-order chi connectivity index (χ0) is 14.3. The maximum absolute atomic E-state index is 12.4. The van der Waals surface area contributed by atoms with E-state index in [9.17, 15) is 14.7 Å². The molecular formula is C13H13N3O4. The molecule has 1 aromatic carbocycles. The van der Waals surface area contributed by atoms with E-state index in [1.807, 2.05) is 0 Å². The summed E-state index contributed by atoms with van der Waals surface area (Å²) in [6.07, 6.45) is 0.910. The largest absolute Gasteiger partial charge is 0.480 e. The number of carboxylic acid groups (broad SMARTS) is 1. The molecule has 1 fully saturated rings. The lowest BCUT2D eigenvalue weighted by molar-refractivity contribution is -0.141. The summed E-state index contributed by atoms with van der Waals surface area (Å²) in [5.41, 5.74) is 1.09. The summed E-state index contributed by atoms with van der Waals surface area (Å²) in [5.74, 6) is -1.50. The van der Waals surface area contributed by atoms with Gasteiger partial charge in [0.1, 0.15) is 6.04 Å². The Bertz CT molecular complexity index is 681. The molecule has 1 aliphatic rings. The highest BCUT2D eigenvalue weighted by Crippen LogP contribution is 2.22. The molecule has 0 saturated carbocycles. The van der Waals surface area contributed by atoms with Crippen LogP contribution in [0.1, 0.15) is 16.8 Å². The Labute approximate surface area is 113 Å². The van der Waals surface area contributed by atoms with Crippen LogP contribution >= 0.6 is 0 Å². The van der Waals surface area contributed by atoms with Gasteiger partial charge in [0.2, 0.25) is 0 Å². The number of benzene rings is 1. The number of fused-ring (bicyclic) bond motifs is 1. The SMILES string of the molecule is O=C(O)[C@@H]1C[C@@H](O)CN1C(=O)c1ccc2cn[nH]c2c1. The van der Waals surface area contributed by atoms with Crippen molar-refractivity contribution >= 4 is 22.8 Å². The monoisotopic (exact) mass is 275 g/mol. The van der Waals surface area contributed by atoms with Crippen molar-refractivity contribution in [1.29, 1.82) is 0 Å². The van der Waals surface area contributed by atoms with Gasteiger partial charge in [-0.15, -0.1) is 0 Å². The molecule has 0 radical (unpaired) electrons. The summed E-state index contributed by atoms with van der Waals surface area (Å²) < 4.78 is 0. The Morgan fingerprint density at radius 2 is 2.20 bits per heavy atom. The molecule has 3 N–H and O–H groups in total. The van der Waals surface area contributed by atoms with E-state index in [2.05, 4.69) is 10.2 Å². The third-order valence-corrected chi connectivity index (χ3v) is 3.51. The highest BCUT2D eigenvalue weighted by molar-refractivity contribution is 5.99. The van der Waals surface area contributed by atoms with E-state index in [0.29, 0.717) is 11.1 Å². The molecule has 1 saturated heterocycles. The zero-order valence-electron chi connectivity index (χ0n) is 10.5. The molecule has 104 valence electrons. The molecule has 0 aliphatic carbocycles. The van der Waals surface area contributed by atoms with Gasteiger partial charge in [-0.1, -0.05) is 6.07 Å². The molecule has 3 rings (SSSR count). The van der Waals surface area contributed by atoms with Crippen molar-refractivity contribution in [3.63, 3.8) is 0 Å². The molecule has 7 nitrogen and oxygen atoms in total. The highest BCUT2D eigenvalue weighted by atomic mass is 16.4. The molecule has 0 unspecified atom stereocenters. The van der Waals surface area contributed by atoms with Gasteiger partial charge in [-0.05, 0) is 12.1 Å². The number of aliphatic hydroxyl groups is 1. The van der Waals surface area contributed by atoms with Crippen LogP contribution in [0.15, 0.2) is 24.4 Å². The first-order valence-corrected chi connectivity index (χ1v) is 6.21. The van der Waals surface area contributed by atoms with Crippen LogP contribution in [0, 0.1) is 0 Å². The Morgan fingerprint density at radius 3 is 2.95 bits per heavy atom. The number of aliphatic hydroxyl groups excluding tert-OH is 1. The maximum atomic E-state index is 12.4. The third-order valence-electron chi connectivity index (χ3n) is 3.51. The number of carbonyl (C=O) groups excluding carboxylic acids is 1. The molecule has 1 amide bonds. The number of nitrogens with zero attached hydrogens (tertiary/aromatic N) is 2. The van der Waals surface area contributed by atoms with E-state index >= 15 is 0 Å². The number of carboxylic acids is 1. The van der Waals surface area contributed by atoms with Gasteiger partial charge >= 0.3 is 5.97 Å². The van der Waals surface area contributed by atoms with Crippen LogP contribution in [0.5, 0.6) is 0 Å². The molecule has 20 heavy (non-hydrogen) atoms. The van der Waals surface area contributed by atoms with Gasteiger partial charge in [-0.25, -0.2) is 4.79 Å². The molecule has 2 aromatic rings. The fourth-order valence-corrected chi connectivity index (χ4v) is 2.51. The van der Waals surface area contributed by atoms with E-state index in [0.717, 1.165) is 5.39 Å². The first-order chi connectivity index (χ1) is 9.56. The molecule has 7 heteroatoms. The van der Waals surface area contributed by atoms with Crippen molar-refractivity contribution in [2.75, 3.05) is 6.54 Å². The lowest BCUT2D eigenvalue weighted by Gasteiger charge is -2.21. The van der Waals surface area contributed by atoms with Gasteiger partial charge in [0.15, 0.2) is 0 Å². The lowest BCUT2D eigenvalue weighted by atomic mass is 10.1. The van der Waals surface area contributed by atoms with Crippen molar-refractivity contribution in [3.05, 3.63) is 30.0 Å². The van der Waals surface area contributed by atoms with E-state index < -0.39 is 24.0 Å². The number of H-pyrrole nitrogens is 1. The quantitative estimate of drug-likeness (QED) is 0.727. The fraction of sp³-hybridized carbons (Fsp3) is 0.308. The van der Waals surface area contributed by atoms with Gasteiger partial charge in [0, 0.05) is 23.9 Å². The van der Waals surface area contributed by atoms with Gasteiger partial charge in [0.25, 0.3) is 5.91 Å². The van der Waals surface area contributed by atoms with Crippen molar-refractivity contribution in [3.8, 4) is 0 Å². The van der Waals surface area contributed by atoms with E-state index in [1.165, 1.54) is 4.90 Å². The summed E-state index contributed by atoms with van der Waals surface area (Å²) in [6.45, 7) is 0.0385. The van der Waals surface area contributed by atoms with Crippen LogP contribution in [0.4, 0.5) is 0 Å². The number of aliphatic carboxylic acids is 1. The summed E-state index contributed by atoms with van der Waals surface area (Å²) in [4.78, 5) is 24.7. The van der Waals surface area contributed by atoms with Gasteiger partial charge in [-0.2, -0.15) is 5.10 Å². The molecule has 2 heterocycles. The van der Waals surface area contributed by atoms with E-state index in [4.69, 9.17) is 5.11 Å². The minimum atomic E-state index is -1.10. The standard InChI is InChI=1S/C13H13N3O4/c17-9-4-11(13(19)20)16(6-9)12(18)7-1-2-8-5-14-15-10(8)3-7/h1-3,5,9,11,17H,4,6H2,(H,14,15)(H,19,20)/t9-,11+/m1/s1. The molecule has 0 bridgehead atoms. The number of aromatic amines is 1. The number of hydrogen-bond acceptors (Lipinski definition) is 4. The first-order valence-electron chi connectivity index (χ1n) is 6.21. The van der Waals surface area contributed by atoms with Gasteiger partial charge < -0.3 is 15.1 Å². The highest BCUT2D eigenvalue weighted by Gasteiger charge is 2.39. The fourth-order valence-electron chi connectivity index (χ4n) is 2.51. The maximum Gasteiger partial charge on any atom is 0.326 e. The Kier molecular flexibility index (Phi) is 2.90. The number of amides is 1. The number of carbonyl (C=O) groups is 2. The minimum absolute atomic E-state index is 0.0385. The predicted molar refractivity (Wildman–Crippen MR) is 69.2 cm³/mol. The van der Waals surface area contributed by atoms with Crippen molar-refractivity contribution < 1.29 is 19.8 Å². The number of β-amino-alcohol motifs (C(OH)–C–C–N with tert-alkyl or cyclic N) is 1. The second-order valence-corrected chi connectivity index (χ2v) is 4.87. The van der Waals surface area contributed by atoms with Crippen LogP contribution in [0.25, 0.3) is 10.9 Å². The van der Waals surface area contributed by atoms with Crippen LogP contribution in [-0.4, -0.2) is 55.9 Å². The van der Waals surface area contributed by atoms with Crippen LogP contribution < -0.4 is 0 Å². The van der Waals surface area contributed by atoms with E-state index in [1.54, 1.807) is 24.4 Å². The second kappa shape index (κ2) is 4.61. The Morgan fingerprint density at radius 1 is 1.40 bits per heavy atom. The molecule has 0 spiro atoms. The Hall–Kier alpha value is -2.41. The third kappa shape index (κ3) is 2.01. The van der Waals surface area contributed by atoms with Crippen LogP contribution in [0.3, 0.4) is 0 Å². The summed E-state index contributed by atoms with van der Waals surface area (Å²) in [6, 6.07) is 4.03. The predicted octanol–water partition coefficient (Wildman–Crippen LogP) is 0.223. The first kappa shape index (κ1) is 12.6. The topological polar surface area (TPSA) is 107 Å². The molecular weight excluding hydrogens is 262 g/mol. The van der Waals surface area contributed by atoms with Gasteiger partial charge in [-0.3, -0.25) is 9.89 Å².